The summed E-state index contributed by atoms with van der Waals surface area (Å²) in [6, 6.07) is 3.79. The molecule has 0 unspecified atom stereocenters. The van der Waals surface area contributed by atoms with E-state index in [-0.39, 0.29) is 19.1 Å². The van der Waals surface area contributed by atoms with Crippen LogP contribution in [0, 0.1) is 19.3 Å². The van der Waals surface area contributed by atoms with Crippen molar-refractivity contribution < 1.29 is 9.53 Å². The molecule has 0 fully saturated rings. The van der Waals surface area contributed by atoms with E-state index >= 15 is 0 Å². The minimum atomic E-state index is -0.252. The van der Waals surface area contributed by atoms with Gasteiger partial charge < -0.3 is 15.8 Å². The fraction of sp³-hybridized carbons (Fsp3) is 0.308. The fourth-order valence-electron chi connectivity index (χ4n) is 1.50. The zero-order chi connectivity index (χ0) is 13.5. The van der Waals surface area contributed by atoms with Crippen molar-refractivity contribution in [3.63, 3.8) is 0 Å². The molecular weight excluding hydrogens is 296 g/mol. The van der Waals surface area contributed by atoms with Crippen molar-refractivity contribution >= 4 is 21.8 Å². The molecule has 1 rings (SSSR count). The van der Waals surface area contributed by atoms with Gasteiger partial charge in [-0.15, -0.1) is 6.42 Å². The maximum absolute atomic E-state index is 11.4. The van der Waals surface area contributed by atoms with Gasteiger partial charge in [0, 0.05) is 16.6 Å². The number of carbonyl (C=O) groups excluding carboxylic acids is 1. The second-order valence-electron chi connectivity index (χ2n) is 3.68. The highest BCUT2D eigenvalue weighted by Crippen LogP contribution is 2.27. The van der Waals surface area contributed by atoms with Gasteiger partial charge in [-0.3, -0.25) is 4.79 Å². The molecule has 96 valence electrons. The summed E-state index contributed by atoms with van der Waals surface area (Å²) in [5.74, 6) is 2.72. The predicted molar refractivity (Wildman–Crippen MR) is 74.1 cm³/mol. The van der Waals surface area contributed by atoms with E-state index in [9.17, 15) is 4.79 Å². The average Bonchev–Trinajstić information content (AvgIpc) is 2.34. The molecule has 1 aromatic rings. The van der Waals surface area contributed by atoms with Crippen LogP contribution in [0.3, 0.4) is 0 Å². The van der Waals surface area contributed by atoms with Gasteiger partial charge in [-0.05, 0) is 24.6 Å². The van der Waals surface area contributed by atoms with Gasteiger partial charge >= 0.3 is 0 Å². The van der Waals surface area contributed by atoms with E-state index in [0.29, 0.717) is 12.3 Å². The standard InChI is InChI=1S/C13H15BrN2O2/c1-3-4-16-12(17)8-18-13-9(2)5-11(14)6-10(13)7-15/h1,5-6H,4,7-8,15H2,2H3,(H,16,17). The van der Waals surface area contributed by atoms with Crippen molar-refractivity contribution in [1.29, 1.82) is 0 Å². The molecule has 0 aliphatic rings. The van der Waals surface area contributed by atoms with E-state index in [1.165, 1.54) is 0 Å². The summed E-state index contributed by atoms with van der Waals surface area (Å²) in [7, 11) is 0. The zero-order valence-corrected chi connectivity index (χ0v) is 11.7. The number of halogens is 1. The predicted octanol–water partition coefficient (Wildman–Crippen LogP) is 1.34. The molecule has 0 aliphatic heterocycles. The third-order valence-electron chi connectivity index (χ3n) is 2.27. The van der Waals surface area contributed by atoms with Crippen LogP contribution in [0.2, 0.25) is 0 Å². The molecule has 0 aliphatic carbocycles. The summed E-state index contributed by atoms with van der Waals surface area (Å²) in [6.07, 6.45) is 5.04. The quantitative estimate of drug-likeness (QED) is 0.807. The Morgan fingerprint density at radius 2 is 2.33 bits per heavy atom. The van der Waals surface area contributed by atoms with Crippen LogP contribution in [0.25, 0.3) is 0 Å². The maximum atomic E-state index is 11.4. The molecule has 4 nitrogen and oxygen atoms in total. The third kappa shape index (κ3) is 4.06. The number of ether oxygens (including phenoxy) is 1. The van der Waals surface area contributed by atoms with Crippen LogP contribution >= 0.6 is 15.9 Å². The van der Waals surface area contributed by atoms with Gasteiger partial charge in [-0.25, -0.2) is 0 Å². The lowest BCUT2D eigenvalue weighted by molar-refractivity contribution is -0.122. The Morgan fingerprint density at radius 3 is 2.94 bits per heavy atom. The molecule has 0 radical (unpaired) electrons. The first-order valence-corrected chi connectivity index (χ1v) is 6.19. The first kappa shape index (κ1) is 14.6. The Kier molecular flexibility index (Phi) is 5.69. The number of nitrogens with two attached hydrogens (primary N) is 1. The van der Waals surface area contributed by atoms with Gasteiger partial charge in [-0.2, -0.15) is 0 Å². The Bertz CT molecular complexity index is 481. The number of rotatable bonds is 5. The Labute approximate surface area is 115 Å². The van der Waals surface area contributed by atoms with Crippen LogP contribution in [0.1, 0.15) is 11.1 Å². The Hall–Kier alpha value is -1.51. The van der Waals surface area contributed by atoms with E-state index in [2.05, 4.69) is 27.2 Å². The van der Waals surface area contributed by atoms with Gasteiger partial charge in [0.15, 0.2) is 6.61 Å². The third-order valence-corrected chi connectivity index (χ3v) is 2.73. The number of benzene rings is 1. The van der Waals surface area contributed by atoms with Gasteiger partial charge in [-0.1, -0.05) is 21.9 Å². The van der Waals surface area contributed by atoms with Crippen LogP contribution in [-0.4, -0.2) is 19.1 Å². The molecule has 0 saturated carbocycles. The monoisotopic (exact) mass is 310 g/mol. The van der Waals surface area contributed by atoms with Crippen LogP contribution in [0.4, 0.5) is 0 Å². The Balaban J connectivity index is 2.73. The minimum Gasteiger partial charge on any atom is -0.483 e. The van der Waals surface area contributed by atoms with Gasteiger partial charge in [0.25, 0.3) is 5.91 Å². The van der Waals surface area contributed by atoms with E-state index < -0.39 is 0 Å². The van der Waals surface area contributed by atoms with Crippen molar-refractivity contribution in [2.75, 3.05) is 13.2 Å². The lowest BCUT2D eigenvalue weighted by atomic mass is 10.1. The first-order chi connectivity index (χ1) is 8.58. The molecular formula is C13H15BrN2O2. The molecule has 1 aromatic carbocycles. The van der Waals surface area contributed by atoms with Crippen LogP contribution < -0.4 is 15.8 Å². The maximum Gasteiger partial charge on any atom is 0.258 e. The molecule has 0 spiro atoms. The van der Waals surface area contributed by atoms with Crippen molar-refractivity contribution in [2.24, 2.45) is 5.73 Å². The largest absolute Gasteiger partial charge is 0.483 e. The SMILES string of the molecule is C#CCNC(=O)COc1c(C)cc(Br)cc1CN. The van der Waals surface area contributed by atoms with Gasteiger partial charge in [0.05, 0.1) is 6.54 Å². The fourth-order valence-corrected chi connectivity index (χ4v) is 2.12. The molecule has 0 heterocycles. The van der Waals surface area contributed by atoms with Crippen LogP contribution in [0.15, 0.2) is 16.6 Å². The summed E-state index contributed by atoms with van der Waals surface area (Å²) in [5.41, 5.74) is 7.43. The number of terminal acetylenes is 1. The number of hydrogen-bond donors (Lipinski definition) is 2. The minimum absolute atomic E-state index is 0.0723. The van der Waals surface area contributed by atoms with E-state index in [1.807, 2.05) is 19.1 Å². The molecule has 1 amide bonds. The van der Waals surface area contributed by atoms with Gasteiger partial charge in [0.1, 0.15) is 5.75 Å². The highest BCUT2D eigenvalue weighted by molar-refractivity contribution is 9.10. The number of aryl methyl sites for hydroxylation is 1. The lowest BCUT2D eigenvalue weighted by Crippen LogP contribution is -2.29. The molecule has 18 heavy (non-hydrogen) atoms. The van der Waals surface area contributed by atoms with Crippen molar-refractivity contribution in [1.82, 2.24) is 5.32 Å². The summed E-state index contributed by atoms with van der Waals surface area (Å²) in [4.78, 5) is 11.4. The van der Waals surface area contributed by atoms with Crippen molar-refractivity contribution in [3.05, 3.63) is 27.7 Å². The second kappa shape index (κ2) is 7.04. The number of carbonyl (C=O) groups is 1. The average molecular weight is 311 g/mol. The first-order valence-electron chi connectivity index (χ1n) is 5.40. The van der Waals surface area contributed by atoms with E-state index in [1.54, 1.807) is 0 Å². The molecule has 5 heteroatoms. The second-order valence-corrected chi connectivity index (χ2v) is 4.60. The Morgan fingerprint density at radius 1 is 1.61 bits per heavy atom. The van der Waals surface area contributed by atoms with Crippen molar-refractivity contribution in [2.45, 2.75) is 13.5 Å². The number of amides is 1. The molecule has 0 saturated heterocycles. The number of nitrogens with one attached hydrogen (secondary N) is 1. The molecule has 0 aromatic heterocycles. The molecule has 3 N–H and O–H groups in total. The smallest absolute Gasteiger partial charge is 0.258 e. The normalized spacial score (nSPS) is 9.67. The summed E-state index contributed by atoms with van der Waals surface area (Å²) in [6.45, 7) is 2.38. The van der Waals surface area contributed by atoms with Gasteiger partial charge in [0.2, 0.25) is 0 Å². The van der Waals surface area contributed by atoms with E-state index in [4.69, 9.17) is 16.9 Å². The van der Waals surface area contributed by atoms with Crippen LogP contribution in [-0.2, 0) is 11.3 Å². The van der Waals surface area contributed by atoms with E-state index in [0.717, 1.165) is 15.6 Å². The number of hydrogen-bond acceptors (Lipinski definition) is 3. The van der Waals surface area contributed by atoms with Crippen LogP contribution in [0.5, 0.6) is 5.75 Å². The summed E-state index contributed by atoms with van der Waals surface area (Å²) < 4.78 is 6.43. The molecule has 0 atom stereocenters. The van der Waals surface area contributed by atoms with Crippen molar-refractivity contribution in [3.8, 4) is 18.1 Å². The lowest BCUT2D eigenvalue weighted by Gasteiger charge is -2.13. The zero-order valence-electron chi connectivity index (χ0n) is 10.1. The summed E-state index contributed by atoms with van der Waals surface area (Å²) in [5, 5.41) is 2.53. The molecule has 0 bridgehead atoms. The highest BCUT2D eigenvalue weighted by Gasteiger charge is 2.09. The summed E-state index contributed by atoms with van der Waals surface area (Å²) >= 11 is 3.39. The highest BCUT2D eigenvalue weighted by atomic mass is 79.9. The topological polar surface area (TPSA) is 64.3 Å².